The van der Waals surface area contributed by atoms with E-state index in [-0.39, 0.29) is 5.82 Å². The minimum absolute atomic E-state index is 0.274. The molecule has 2 aromatic carbocycles. The number of aryl methyl sites for hydroxylation is 1. The number of anilines is 1. The molecule has 5 heteroatoms. The van der Waals surface area contributed by atoms with E-state index in [9.17, 15) is 4.39 Å². The highest BCUT2D eigenvalue weighted by molar-refractivity contribution is 9.10. The van der Waals surface area contributed by atoms with E-state index in [1.807, 2.05) is 13.0 Å². The lowest BCUT2D eigenvalue weighted by atomic mass is 10.1. The molecule has 0 aliphatic carbocycles. The number of hydrogen-bond donors (Lipinski definition) is 1. The lowest BCUT2D eigenvalue weighted by Gasteiger charge is -2.12. The molecule has 0 amide bonds. The molecule has 0 fully saturated rings. The maximum atomic E-state index is 13.3. The summed E-state index contributed by atoms with van der Waals surface area (Å²) in [5.41, 5.74) is 2.58. The van der Waals surface area contributed by atoms with Gasteiger partial charge in [0.25, 0.3) is 0 Å². The first-order chi connectivity index (χ1) is 8.97. The van der Waals surface area contributed by atoms with Crippen molar-refractivity contribution in [3.63, 3.8) is 0 Å². The van der Waals surface area contributed by atoms with Gasteiger partial charge in [0.05, 0.1) is 4.47 Å². The van der Waals surface area contributed by atoms with Crippen LogP contribution in [0, 0.1) is 12.7 Å². The molecule has 0 saturated heterocycles. The van der Waals surface area contributed by atoms with Crippen LogP contribution in [0.5, 0.6) is 0 Å². The van der Waals surface area contributed by atoms with Gasteiger partial charge in [-0.2, -0.15) is 0 Å². The zero-order valence-corrected chi connectivity index (χ0v) is 13.2. The smallest absolute Gasteiger partial charge is 0.137 e. The Bertz CT molecular complexity index is 617. The Morgan fingerprint density at radius 1 is 1.21 bits per heavy atom. The van der Waals surface area contributed by atoms with Gasteiger partial charge in [0.2, 0.25) is 0 Å². The van der Waals surface area contributed by atoms with Crippen molar-refractivity contribution in [1.29, 1.82) is 0 Å². The Labute approximate surface area is 129 Å². The van der Waals surface area contributed by atoms with Crippen LogP contribution >= 0.6 is 39.1 Å². The van der Waals surface area contributed by atoms with Crippen LogP contribution in [0.4, 0.5) is 10.1 Å². The van der Waals surface area contributed by atoms with Crippen LogP contribution in [0.1, 0.15) is 11.1 Å². The summed E-state index contributed by atoms with van der Waals surface area (Å²) in [6.45, 7) is 2.37. The van der Waals surface area contributed by atoms with Crippen molar-refractivity contribution in [2.75, 3.05) is 5.32 Å². The van der Waals surface area contributed by atoms with Gasteiger partial charge in [0.1, 0.15) is 5.82 Å². The molecule has 0 spiro atoms. The van der Waals surface area contributed by atoms with Gasteiger partial charge in [-0.1, -0.05) is 23.2 Å². The molecule has 0 heterocycles. The third-order valence-electron chi connectivity index (χ3n) is 2.74. The molecule has 1 nitrogen and oxygen atoms in total. The SMILES string of the molecule is Cc1cc(F)c(Br)cc1NCc1cc(Cl)ccc1Cl. The minimum Gasteiger partial charge on any atom is -0.381 e. The number of benzene rings is 2. The highest BCUT2D eigenvalue weighted by Crippen LogP contribution is 2.26. The Kier molecular flexibility index (Phi) is 4.71. The van der Waals surface area contributed by atoms with E-state index >= 15 is 0 Å². The van der Waals surface area contributed by atoms with E-state index in [4.69, 9.17) is 23.2 Å². The first kappa shape index (κ1) is 14.6. The average molecular weight is 363 g/mol. The zero-order valence-electron chi connectivity index (χ0n) is 10.1. The molecule has 2 aromatic rings. The molecule has 100 valence electrons. The monoisotopic (exact) mass is 361 g/mol. The second-order valence-electron chi connectivity index (χ2n) is 4.17. The van der Waals surface area contributed by atoms with Crippen molar-refractivity contribution < 1.29 is 4.39 Å². The molecule has 0 bridgehead atoms. The maximum Gasteiger partial charge on any atom is 0.137 e. The third kappa shape index (κ3) is 3.62. The fraction of sp³-hybridized carbons (Fsp3) is 0.143. The molecule has 0 aliphatic rings. The lowest BCUT2D eigenvalue weighted by molar-refractivity contribution is 0.620. The quantitative estimate of drug-likeness (QED) is 0.725. The summed E-state index contributed by atoms with van der Waals surface area (Å²) in [5, 5.41) is 4.51. The van der Waals surface area contributed by atoms with Crippen molar-refractivity contribution >= 4 is 44.8 Å². The van der Waals surface area contributed by atoms with Crippen molar-refractivity contribution in [2.45, 2.75) is 13.5 Å². The van der Waals surface area contributed by atoms with Gasteiger partial charge in [-0.3, -0.25) is 0 Å². The average Bonchev–Trinajstić information content (AvgIpc) is 2.36. The summed E-state index contributed by atoms with van der Waals surface area (Å²) >= 11 is 15.2. The van der Waals surface area contributed by atoms with Crippen LogP contribution < -0.4 is 5.32 Å². The lowest BCUT2D eigenvalue weighted by Crippen LogP contribution is -2.02. The summed E-state index contributed by atoms with van der Waals surface area (Å²) in [6, 6.07) is 8.50. The topological polar surface area (TPSA) is 12.0 Å². The summed E-state index contributed by atoms with van der Waals surface area (Å²) in [4.78, 5) is 0. The second-order valence-corrected chi connectivity index (χ2v) is 5.87. The van der Waals surface area contributed by atoms with Crippen molar-refractivity contribution in [2.24, 2.45) is 0 Å². The van der Waals surface area contributed by atoms with Crippen LogP contribution in [-0.2, 0) is 6.54 Å². The molecule has 0 aliphatic heterocycles. The van der Waals surface area contributed by atoms with Crippen LogP contribution in [0.2, 0.25) is 10.0 Å². The number of rotatable bonds is 3. The summed E-state index contributed by atoms with van der Waals surface area (Å²) in [5.74, 6) is -0.274. The van der Waals surface area contributed by atoms with Crippen molar-refractivity contribution in [3.8, 4) is 0 Å². The van der Waals surface area contributed by atoms with Gasteiger partial charge in [0.15, 0.2) is 0 Å². The zero-order chi connectivity index (χ0) is 14.0. The van der Waals surface area contributed by atoms with Crippen LogP contribution in [0.25, 0.3) is 0 Å². The van der Waals surface area contributed by atoms with Crippen molar-refractivity contribution in [1.82, 2.24) is 0 Å². The normalized spacial score (nSPS) is 10.6. The number of halogens is 4. The van der Waals surface area contributed by atoms with Gasteiger partial charge >= 0.3 is 0 Å². The fourth-order valence-electron chi connectivity index (χ4n) is 1.71. The van der Waals surface area contributed by atoms with E-state index in [0.717, 1.165) is 16.8 Å². The Hall–Kier alpha value is -0.770. The molecular formula is C14H11BrCl2FN. The molecule has 0 aromatic heterocycles. The first-order valence-corrected chi connectivity index (χ1v) is 7.15. The second kappa shape index (κ2) is 6.12. The van der Waals surface area contributed by atoms with Crippen molar-refractivity contribution in [3.05, 3.63) is 61.8 Å². The Morgan fingerprint density at radius 2 is 1.95 bits per heavy atom. The van der Waals surface area contributed by atoms with E-state index in [1.165, 1.54) is 6.07 Å². The first-order valence-electron chi connectivity index (χ1n) is 5.61. The molecule has 19 heavy (non-hydrogen) atoms. The van der Waals surface area contributed by atoms with Crippen LogP contribution in [-0.4, -0.2) is 0 Å². The van der Waals surface area contributed by atoms with Gasteiger partial charge in [-0.15, -0.1) is 0 Å². The summed E-state index contributed by atoms with van der Waals surface area (Å²) in [6.07, 6.45) is 0. The van der Waals surface area contributed by atoms with Gasteiger partial charge in [-0.05, 0) is 64.3 Å². The van der Waals surface area contributed by atoms with E-state index in [0.29, 0.717) is 21.1 Å². The van der Waals surface area contributed by atoms with Gasteiger partial charge in [-0.25, -0.2) is 4.39 Å². The van der Waals surface area contributed by atoms with Gasteiger partial charge in [0, 0.05) is 22.3 Å². The minimum atomic E-state index is -0.274. The summed E-state index contributed by atoms with van der Waals surface area (Å²) < 4.78 is 13.8. The highest BCUT2D eigenvalue weighted by atomic mass is 79.9. The summed E-state index contributed by atoms with van der Waals surface area (Å²) in [7, 11) is 0. The highest BCUT2D eigenvalue weighted by Gasteiger charge is 2.06. The van der Waals surface area contributed by atoms with E-state index < -0.39 is 0 Å². The number of nitrogens with one attached hydrogen (secondary N) is 1. The Balaban J connectivity index is 2.19. The molecule has 2 rings (SSSR count). The molecule has 0 atom stereocenters. The maximum absolute atomic E-state index is 13.3. The molecule has 1 N–H and O–H groups in total. The third-order valence-corrected chi connectivity index (χ3v) is 3.96. The van der Waals surface area contributed by atoms with Crippen LogP contribution in [0.15, 0.2) is 34.8 Å². The predicted octanol–water partition coefficient (Wildman–Crippen LogP) is 5.82. The van der Waals surface area contributed by atoms with Crippen LogP contribution in [0.3, 0.4) is 0 Å². The van der Waals surface area contributed by atoms with E-state index in [1.54, 1.807) is 18.2 Å². The molecule has 0 saturated carbocycles. The predicted molar refractivity (Wildman–Crippen MR) is 82.6 cm³/mol. The largest absolute Gasteiger partial charge is 0.381 e. The number of hydrogen-bond acceptors (Lipinski definition) is 1. The standard InChI is InChI=1S/C14H11BrCl2FN/c1-8-4-13(18)11(15)6-14(8)19-7-9-5-10(16)2-3-12(9)17/h2-6,19H,7H2,1H3. The van der Waals surface area contributed by atoms with E-state index in [2.05, 4.69) is 21.2 Å². The Morgan fingerprint density at radius 3 is 2.68 bits per heavy atom. The fourth-order valence-corrected chi connectivity index (χ4v) is 2.43. The molecule has 0 radical (unpaired) electrons. The molecule has 0 unspecified atom stereocenters. The van der Waals surface area contributed by atoms with Gasteiger partial charge < -0.3 is 5.32 Å². The molecular weight excluding hydrogens is 352 g/mol.